The molecule has 4 heteroatoms. The summed E-state index contributed by atoms with van der Waals surface area (Å²) in [7, 11) is 0.478. The number of carbonyl (C=O) groups excluding carboxylic acids is 1. The van der Waals surface area contributed by atoms with Crippen LogP contribution < -0.4 is 0 Å². The van der Waals surface area contributed by atoms with E-state index in [1.165, 1.54) is 6.92 Å². The van der Waals surface area contributed by atoms with Crippen molar-refractivity contribution in [1.82, 2.24) is 0 Å². The maximum atomic E-state index is 10.3. The molecule has 68 valence electrons. The van der Waals surface area contributed by atoms with E-state index >= 15 is 0 Å². The Balaban J connectivity index is 0. The van der Waals surface area contributed by atoms with Crippen molar-refractivity contribution in [1.29, 1.82) is 0 Å². The quantitative estimate of drug-likeness (QED) is 0.362. The largest absolute Gasteiger partial charge is 0.870 e. The summed E-state index contributed by atoms with van der Waals surface area (Å²) < 4.78 is 4.76. The molecule has 0 aliphatic carbocycles. The van der Waals surface area contributed by atoms with Gasteiger partial charge in [-0.15, -0.1) is 0 Å². The summed E-state index contributed by atoms with van der Waals surface area (Å²) in [5, 5.41) is 0. The Morgan fingerprint density at radius 2 is 2.00 bits per heavy atom. The predicted octanol–water partition coefficient (Wildman–Crippen LogP) is 0.641. The van der Waals surface area contributed by atoms with Gasteiger partial charge >= 0.3 is 5.97 Å². The van der Waals surface area contributed by atoms with E-state index < -0.39 is 0 Å². The number of rotatable bonds is 4. The minimum Gasteiger partial charge on any atom is -0.870 e. The van der Waals surface area contributed by atoms with Gasteiger partial charge in [0.05, 0.1) is 19.1 Å². The van der Waals surface area contributed by atoms with E-state index in [0.29, 0.717) is 17.5 Å². The first-order valence-corrected chi connectivity index (χ1v) is 5.51. The highest BCUT2D eigenvalue weighted by molar-refractivity contribution is 7.95. The highest BCUT2D eigenvalue weighted by Crippen LogP contribution is 1.90. The second-order valence-electron chi connectivity index (χ2n) is 2.38. The Hall–Kier alpha value is -0.220. The summed E-state index contributed by atoms with van der Waals surface area (Å²) in [4.78, 5) is 10.3. The lowest BCUT2D eigenvalue weighted by atomic mass is 10.5. The lowest BCUT2D eigenvalue weighted by Crippen LogP contribution is -2.07. The van der Waals surface area contributed by atoms with Gasteiger partial charge in [0.25, 0.3) is 0 Å². The molecule has 0 aromatic rings. The molecule has 0 saturated carbocycles. The summed E-state index contributed by atoms with van der Waals surface area (Å²) >= 11 is 0. The van der Waals surface area contributed by atoms with Gasteiger partial charge in [-0.3, -0.25) is 4.79 Å². The summed E-state index contributed by atoms with van der Waals surface area (Å²) in [6.45, 7) is 2.03. The summed E-state index contributed by atoms with van der Waals surface area (Å²) in [5.41, 5.74) is 0. The van der Waals surface area contributed by atoms with Crippen molar-refractivity contribution >= 4 is 16.9 Å². The second kappa shape index (κ2) is 7.88. The molecule has 0 aliphatic rings. The van der Waals surface area contributed by atoms with Crippen LogP contribution in [0.2, 0.25) is 0 Å². The third-order valence-electron chi connectivity index (χ3n) is 1.00. The molecule has 0 aliphatic heterocycles. The Bertz CT molecular complexity index is 104. The van der Waals surface area contributed by atoms with Crippen molar-refractivity contribution in [3.63, 3.8) is 0 Å². The lowest BCUT2D eigenvalue weighted by Gasteiger charge is -1.98. The van der Waals surface area contributed by atoms with Crippen LogP contribution in [0.5, 0.6) is 0 Å². The van der Waals surface area contributed by atoms with Gasteiger partial charge in [0, 0.05) is 13.3 Å². The Kier molecular flexibility index (Phi) is 9.58. The third kappa shape index (κ3) is 12.9. The molecule has 0 aromatic carbocycles. The van der Waals surface area contributed by atoms with Crippen LogP contribution in [0.1, 0.15) is 13.3 Å². The van der Waals surface area contributed by atoms with Crippen LogP contribution in [0.15, 0.2) is 0 Å². The summed E-state index contributed by atoms with van der Waals surface area (Å²) in [6.07, 6.45) is 5.37. The number of carbonyl (C=O) groups is 1. The first-order chi connectivity index (χ1) is 4.63. The van der Waals surface area contributed by atoms with Crippen molar-refractivity contribution in [2.45, 2.75) is 13.3 Å². The van der Waals surface area contributed by atoms with Crippen molar-refractivity contribution < 1.29 is 15.0 Å². The topological polar surface area (TPSA) is 56.3 Å². The van der Waals surface area contributed by atoms with Crippen LogP contribution in [-0.4, -0.2) is 36.3 Å². The highest BCUT2D eigenvalue weighted by atomic mass is 32.2. The molecule has 0 atom stereocenters. The van der Waals surface area contributed by atoms with Crippen LogP contribution in [0.3, 0.4) is 0 Å². The zero-order valence-electron chi connectivity index (χ0n) is 7.29. The standard InChI is InChI=1S/C7H15O2S.H2O/c1-7(8)9-5-4-6-10(2)3;/h4-6H2,1-3H3;1H2/q+1;/p-1. The molecule has 3 nitrogen and oxygen atoms in total. The average Bonchev–Trinajstić information content (AvgIpc) is 1.79. The van der Waals surface area contributed by atoms with Gasteiger partial charge in [-0.05, 0) is 10.9 Å². The molecule has 0 rings (SSSR count). The van der Waals surface area contributed by atoms with Crippen LogP contribution in [0.25, 0.3) is 0 Å². The predicted molar refractivity (Wildman–Crippen MR) is 47.3 cm³/mol. The van der Waals surface area contributed by atoms with Gasteiger partial charge in [-0.1, -0.05) is 0 Å². The van der Waals surface area contributed by atoms with E-state index in [9.17, 15) is 4.79 Å². The minimum atomic E-state index is -0.174. The second-order valence-corrected chi connectivity index (χ2v) is 4.76. The molecular formula is C7H16O3S. The first-order valence-electron chi connectivity index (χ1n) is 3.30. The summed E-state index contributed by atoms with van der Waals surface area (Å²) in [5.74, 6) is 0.986. The normalized spacial score (nSPS) is 9.09. The number of hydrogen-bond donors (Lipinski definition) is 0. The number of esters is 1. The van der Waals surface area contributed by atoms with Crippen molar-refractivity contribution in [2.24, 2.45) is 0 Å². The fraction of sp³-hybridized carbons (Fsp3) is 0.857. The molecule has 0 unspecified atom stereocenters. The molecule has 0 saturated heterocycles. The van der Waals surface area contributed by atoms with Gasteiger partial charge < -0.3 is 10.2 Å². The van der Waals surface area contributed by atoms with Crippen LogP contribution in [0, 0.1) is 0 Å². The Morgan fingerprint density at radius 3 is 2.36 bits per heavy atom. The lowest BCUT2D eigenvalue weighted by molar-refractivity contribution is -0.140. The summed E-state index contributed by atoms with van der Waals surface area (Å²) in [6, 6.07) is 0. The van der Waals surface area contributed by atoms with Crippen molar-refractivity contribution in [2.75, 3.05) is 24.9 Å². The zero-order valence-corrected chi connectivity index (χ0v) is 8.11. The Morgan fingerprint density at radius 1 is 1.45 bits per heavy atom. The molecule has 0 bridgehead atoms. The minimum absolute atomic E-state index is 0. The SMILES string of the molecule is CC(=O)OCCC[S+](C)C.[OH-]. The Labute approximate surface area is 70.8 Å². The maximum Gasteiger partial charge on any atom is 0.302 e. The number of hydrogen-bond acceptors (Lipinski definition) is 3. The molecule has 0 radical (unpaired) electrons. The van der Waals surface area contributed by atoms with E-state index in [0.717, 1.165) is 12.2 Å². The maximum absolute atomic E-state index is 10.3. The zero-order chi connectivity index (χ0) is 7.98. The van der Waals surface area contributed by atoms with Gasteiger partial charge in [0.1, 0.15) is 5.75 Å². The van der Waals surface area contributed by atoms with Crippen LogP contribution >= 0.6 is 0 Å². The molecular weight excluding hydrogens is 164 g/mol. The average molecular weight is 180 g/mol. The molecule has 0 amide bonds. The van der Waals surface area contributed by atoms with E-state index in [-0.39, 0.29) is 11.4 Å². The van der Waals surface area contributed by atoms with Gasteiger partial charge in [0.15, 0.2) is 0 Å². The van der Waals surface area contributed by atoms with Crippen molar-refractivity contribution in [3.8, 4) is 0 Å². The molecule has 1 N–H and O–H groups in total. The fourth-order valence-corrected chi connectivity index (χ4v) is 1.26. The monoisotopic (exact) mass is 180 g/mol. The van der Waals surface area contributed by atoms with Gasteiger partial charge in [-0.2, -0.15) is 0 Å². The molecule has 11 heavy (non-hydrogen) atoms. The molecule has 0 heterocycles. The van der Waals surface area contributed by atoms with Crippen LogP contribution in [-0.2, 0) is 20.4 Å². The smallest absolute Gasteiger partial charge is 0.302 e. The molecule has 0 aromatic heterocycles. The van der Waals surface area contributed by atoms with Gasteiger partial charge in [0.2, 0.25) is 0 Å². The van der Waals surface area contributed by atoms with Gasteiger partial charge in [-0.25, -0.2) is 0 Å². The van der Waals surface area contributed by atoms with E-state index in [2.05, 4.69) is 12.5 Å². The van der Waals surface area contributed by atoms with E-state index in [1.807, 2.05) is 0 Å². The molecule has 0 spiro atoms. The fourth-order valence-electron chi connectivity index (χ4n) is 0.563. The molecule has 0 fully saturated rings. The van der Waals surface area contributed by atoms with Crippen LogP contribution in [0.4, 0.5) is 0 Å². The third-order valence-corrected chi connectivity index (χ3v) is 2.11. The first kappa shape index (κ1) is 13.4. The van der Waals surface area contributed by atoms with E-state index in [4.69, 9.17) is 4.74 Å². The van der Waals surface area contributed by atoms with E-state index in [1.54, 1.807) is 0 Å². The van der Waals surface area contributed by atoms with Crippen molar-refractivity contribution in [3.05, 3.63) is 0 Å². The highest BCUT2D eigenvalue weighted by Gasteiger charge is 2.01. The number of ether oxygens (including phenoxy) is 1.